The number of anilines is 2. The zero-order valence-electron chi connectivity index (χ0n) is 24.2. The van der Waals surface area contributed by atoms with Gasteiger partial charge in [-0.05, 0) is 62.8 Å². The summed E-state index contributed by atoms with van der Waals surface area (Å²) in [6.45, 7) is 6.55. The molecule has 0 spiro atoms. The van der Waals surface area contributed by atoms with Gasteiger partial charge < -0.3 is 26.0 Å². The summed E-state index contributed by atoms with van der Waals surface area (Å²) in [5.74, 6) is -2.95. The van der Waals surface area contributed by atoms with Gasteiger partial charge in [0.25, 0.3) is 5.91 Å². The smallest absolute Gasteiger partial charge is 0.269 e. The summed E-state index contributed by atoms with van der Waals surface area (Å²) in [4.78, 5) is 23.7. The van der Waals surface area contributed by atoms with Crippen LogP contribution < -0.4 is 21.3 Å². The molecule has 1 atom stereocenters. The summed E-state index contributed by atoms with van der Waals surface area (Å²) in [6, 6.07) is 7.82. The number of nitrogens with one attached hydrogen (secondary N) is 4. The largest absolute Gasteiger partial charge is 0.376 e. The monoisotopic (exact) mass is 574 g/mol. The van der Waals surface area contributed by atoms with Gasteiger partial charge in [-0.15, -0.1) is 0 Å². The highest BCUT2D eigenvalue weighted by Crippen LogP contribution is 2.43. The van der Waals surface area contributed by atoms with Gasteiger partial charge >= 0.3 is 0 Å². The van der Waals surface area contributed by atoms with Gasteiger partial charge in [-0.1, -0.05) is 25.3 Å². The number of aromatic nitrogens is 2. The number of ether oxygens (including phenoxy) is 1. The molecule has 2 saturated carbocycles. The maximum Gasteiger partial charge on any atom is 0.269 e. The third-order valence-corrected chi connectivity index (χ3v) is 7.29. The summed E-state index contributed by atoms with van der Waals surface area (Å²) < 4.78 is 32.7. The van der Waals surface area contributed by atoms with E-state index in [1.165, 1.54) is 25.7 Å². The number of carbonyl (C=O) groups excluding carboxylic acids is 2. The Morgan fingerprint density at radius 2 is 1.83 bits per heavy atom. The van der Waals surface area contributed by atoms with Crippen LogP contribution in [0.5, 0.6) is 0 Å². The summed E-state index contributed by atoms with van der Waals surface area (Å²) >= 11 is 0. The number of halogens is 2. The number of hydrogen-bond acceptors (Lipinski definition) is 6. The molecule has 6 rings (SSSR count). The van der Waals surface area contributed by atoms with E-state index in [0.29, 0.717) is 25.5 Å². The van der Waals surface area contributed by atoms with Crippen molar-refractivity contribution < 1.29 is 23.1 Å². The minimum absolute atomic E-state index is 0.0737. The van der Waals surface area contributed by atoms with Gasteiger partial charge in [-0.3, -0.25) is 14.3 Å². The first kappa shape index (κ1) is 30.7. The van der Waals surface area contributed by atoms with E-state index < -0.39 is 5.92 Å². The Hall–Kier alpha value is -3.21. The van der Waals surface area contributed by atoms with E-state index >= 15 is 0 Å². The second-order valence-corrected chi connectivity index (χ2v) is 11.5. The van der Waals surface area contributed by atoms with Crippen LogP contribution in [0.1, 0.15) is 93.7 Å². The number of hydrogen-bond donors (Lipinski definition) is 4. The van der Waals surface area contributed by atoms with E-state index in [4.69, 9.17) is 4.74 Å². The molecule has 1 unspecified atom stereocenters. The molecule has 1 saturated heterocycles. The van der Waals surface area contributed by atoms with Gasteiger partial charge in [0.2, 0.25) is 11.8 Å². The Balaban J connectivity index is 0.000000172. The molecule has 3 heterocycles. The van der Waals surface area contributed by atoms with Crippen LogP contribution in [0, 0.1) is 5.92 Å². The normalized spacial score (nSPS) is 20.1. The van der Waals surface area contributed by atoms with E-state index in [0.717, 1.165) is 36.4 Å². The van der Waals surface area contributed by atoms with Crippen LogP contribution in [-0.2, 0) is 16.1 Å². The molecule has 1 aromatic heterocycles. The molecule has 41 heavy (non-hydrogen) atoms. The lowest BCUT2D eigenvalue weighted by Gasteiger charge is -2.34. The van der Waals surface area contributed by atoms with Crippen molar-refractivity contribution in [3.8, 4) is 0 Å². The number of carbonyl (C=O) groups is 2. The van der Waals surface area contributed by atoms with Crippen molar-refractivity contribution in [2.24, 2.45) is 5.92 Å². The van der Waals surface area contributed by atoms with Crippen molar-refractivity contribution in [3.63, 3.8) is 0 Å². The first-order valence-corrected chi connectivity index (χ1v) is 14.9. The zero-order chi connectivity index (χ0) is 29.2. The Labute approximate surface area is 241 Å². The first-order valence-electron chi connectivity index (χ1n) is 14.9. The minimum atomic E-state index is -2.55. The van der Waals surface area contributed by atoms with Crippen molar-refractivity contribution in [3.05, 3.63) is 41.7 Å². The molecule has 2 aliphatic heterocycles. The highest BCUT2D eigenvalue weighted by Gasteiger charge is 2.45. The van der Waals surface area contributed by atoms with Crippen molar-refractivity contribution in [1.29, 1.82) is 0 Å². The number of benzene rings is 1. The molecule has 4 N–H and O–H groups in total. The second-order valence-electron chi connectivity index (χ2n) is 11.5. The lowest BCUT2D eigenvalue weighted by molar-refractivity contribution is -0.133. The molecule has 0 bridgehead atoms. The van der Waals surface area contributed by atoms with Gasteiger partial charge in [0, 0.05) is 51.2 Å². The summed E-state index contributed by atoms with van der Waals surface area (Å²) in [6.07, 6.45) is 9.55. The van der Waals surface area contributed by atoms with E-state index in [1.54, 1.807) is 16.9 Å². The maximum absolute atomic E-state index is 12.7. The molecule has 2 aliphatic carbocycles. The predicted octanol–water partition coefficient (Wildman–Crippen LogP) is 5.47. The maximum atomic E-state index is 12.7. The number of nitrogens with zero attached hydrogens (tertiary/aromatic N) is 2. The number of alkyl halides is 2. The van der Waals surface area contributed by atoms with Gasteiger partial charge in [-0.2, -0.15) is 5.10 Å². The fourth-order valence-corrected chi connectivity index (χ4v) is 4.87. The minimum Gasteiger partial charge on any atom is -0.376 e. The average Bonchev–Trinajstić information content (AvgIpc) is 3.60. The molecule has 2 aromatic rings. The average molecular weight is 575 g/mol. The Morgan fingerprint density at radius 1 is 1.07 bits per heavy atom. The molecule has 0 radical (unpaired) electrons. The number of amides is 2. The van der Waals surface area contributed by atoms with Crippen LogP contribution in [0.15, 0.2) is 30.5 Å². The molecule has 4 aliphatic rings. The lowest BCUT2D eigenvalue weighted by atomic mass is 9.79. The van der Waals surface area contributed by atoms with Crippen LogP contribution in [0.3, 0.4) is 0 Å². The van der Waals surface area contributed by atoms with Gasteiger partial charge in [-0.25, -0.2) is 8.78 Å². The standard InChI is InChI=1S/C14H17F2N3O.C13H21N3O2.C3H6/c15-14(16)5-10(6-14)4-13(20)17-7-9-1-2-11-12(3-9)19-8-18-11;1-10(2)16-12(6-7-15-16)13(17)14-9-11-5-3-4-8-18-11;1-2-3-1/h1-3,10,18-19H,4-8H2,(H,17,20);6-7,10-11H,3-5,8-9H2,1-2H3,(H,14,17);1-3H2. The van der Waals surface area contributed by atoms with Gasteiger partial charge in [0.05, 0.1) is 24.1 Å². The molecule has 1 aromatic carbocycles. The highest BCUT2D eigenvalue weighted by molar-refractivity contribution is 5.92. The van der Waals surface area contributed by atoms with Crippen LogP contribution in [0.4, 0.5) is 20.2 Å². The fraction of sp³-hybridized carbons (Fsp3) is 0.633. The Bertz CT molecular complexity index is 1140. The highest BCUT2D eigenvalue weighted by atomic mass is 19.3. The van der Waals surface area contributed by atoms with Gasteiger partial charge in [0.15, 0.2) is 0 Å². The summed E-state index contributed by atoms with van der Waals surface area (Å²) in [7, 11) is 0. The second kappa shape index (κ2) is 14.6. The summed E-state index contributed by atoms with van der Waals surface area (Å²) in [5.41, 5.74) is 3.68. The van der Waals surface area contributed by atoms with Crippen LogP contribution in [0.2, 0.25) is 0 Å². The van der Waals surface area contributed by atoms with Crippen molar-refractivity contribution in [2.75, 3.05) is 30.5 Å². The van der Waals surface area contributed by atoms with E-state index in [9.17, 15) is 18.4 Å². The van der Waals surface area contributed by atoms with Crippen molar-refractivity contribution >= 4 is 23.2 Å². The van der Waals surface area contributed by atoms with Crippen molar-refractivity contribution in [2.45, 2.75) is 96.2 Å². The quantitative estimate of drug-likeness (QED) is 0.333. The van der Waals surface area contributed by atoms with E-state index in [-0.39, 0.29) is 49.1 Å². The SMILES string of the molecule is C1CC1.CC(C)n1nccc1C(=O)NCC1CCCCO1.O=C(CC1CC(F)(F)C1)NCc1ccc2c(c1)NCN2. The third kappa shape index (κ3) is 9.98. The molecule has 11 heteroatoms. The summed E-state index contributed by atoms with van der Waals surface area (Å²) in [5, 5.41) is 16.2. The van der Waals surface area contributed by atoms with Crippen LogP contribution in [0.25, 0.3) is 0 Å². The topological polar surface area (TPSA) is 109 Å². The Morgan fingerprint density at radius 3 is 2.49 bits per heavy atom. The fourth-order valence-electron chi connectivity index (χ4n) is 4.87. The van der Waals surface area contributed by atoms with Crippen LogP contribution in [-0.4, -0.2) is 53.4 Å². The lowest BCUT2D eigenvalue weighted by Crippen LogP contribution is -2.38. The predicted molar refractivity (Wildman–Crippen MR) is 155 cm³/mol. The Kier molecular flexibility index (Phi) is 11.0. The zero-order valence-corrected chi connectivity index (χ0v) is 24.2. The molecular weight excluding hydrogens is 530 g/mol. The molecular formula is C30H44F2N6O3. The van der Waals surface area contributed by atoms with Crippen molar-refractivity contribution in [1.82, 2.24) is 20.4 Å². The van der Waals surface area contributed by atoms with E-state index in [1.807, 2.05) is 32.0 Å². The van der Waals surface area contributed by atoms with E-state index in [2.05, 4.69) is 26.4 Å². The first-order chi connectivity index (χ1) is 19.7. The number of rotatable bonds is 8. The van der Waals surface area contributed by atoms with Gasteiger partial charge in [0.1, 0.15) is 5.69 Å². The molecule has 9 nitrogen and oxygen atoms in total. The number of fused-ring (bicyclic) bond motifs is 1. The molecule has 226 valence electrons. The van der Waals surface area contributed by atoms with Crippen LogP contribution >= 0.6 is 0 Å². The molecule has 3 fully saturated rings. The molecule has 2 amide bonds. The third-order valence-electron chi connectivity index (χ3n) is 7.29.